The molecule has 4 nitrogen and oxygen atoms in total. The van der Waals surface area contributed by atoms with Crippen LogP contribution in [0.25, 0.3) is 0 Å². The van der Waals surface area contributed by atoms with Crippen molar-refractivity contribution in [3.05, 3.63) is 29.6 Å². The van der Waals surface area contributed by atoms with Crippen molar-refractivity contribution in [1.29, 1.82) is 0 Å². The average Bonchev–Trinajstić information content (AvgIpc) is 2.94. The van der Waals surface area contributed by atoms with Crippen LogP contribution in [0.5, 0.6) is 0 Å². The molecule has 0 amide bonds. The van der Waals surface area contributed by atoms with Gasteiger partial charge in [-0.25, -0.2) is 4.39 Å². The number of hydrogen-bond donors (Lipinski definition) is 2. The molecule has 0 bridgehead atoms. The maximum absolute atomic E-state index is 14.0. The average molecular weight is 280 g/mol. The summed E-state index contributed by atoms with van der Waals surface area (Å²) in [5.74, 6) is -1.17. The SMILES string of the molecule is CC[C@@H](NCc1c(F)cccc1N1CCCC1)C(=O)O. The minimum absolute atomic E-state index is 0.239. The van der Waals surface area contributed by atoms with E-state index in [1.807, 2.05) is 6.07 Å². The Morgan fingerprint density at radius 3 is 2.75 bits per heavy atom. The first-order valence-corrected chi connectivity index (χ1v) is 7.12. The fourth-order valence-corrected chi connectivity index (χ4v) is 2.61. The zero-order chi connectivity index (χ0) is 14.5. The second-order valence-corrected chi connectivity index (χ2v) is 5.11. The van der Waals surface area contributed by atoms with Crippen molar-refractivity contribution in [2.75, 3.05) is 18.0 Å². The molecule has 1 aliphatic heterocycles. The lowest BCUT2D eigenvalue weighted by atomic mass is 10.1. The van der Waals surface area contributed by atoms with Crippen LogP contribution in [0, 0.1) is 5.82 Å². The van der Waals surface area contributed by atoms with Crippen LogP contribution in [-0.2, 0) is 11.3 Å². The maximum Gasteiger partial charge on any atom is 0.320 e. The highest BCUT2D eigenvalue weighted by atomic mass is 19.1. The first kappa shape index (κ1) is 14.8. The molecule has 110 valence electrons. The fraction of sp³-hybridized carbons (Fsp3) is 0.533. The number of carboxylic acids is 1. The lowest BCUT2D eigenvalue weighted by Gasteiger charge is -2.23. The predicted octanol–water partition coefficient (Wildman–Crippen LogP) is 2.38. The number of carbonyl (C=O) groups is 1. The minimum Gasteiger partial charge on any atom is -0.480 e. The van der Waals surface area contributed by atoms with Gasteiger partial charge in [0.15, 0.2) is 0 Å². The Bertz CT molecular complexity index is 473. The Morgan fingerprint density at radius 2 is 2.15 bits per heavy atom. The fourth-order valence-electron chi connectivity index (χ4n) is 2.61. The number of hydrogen-bond acceptors (Lipinski definition) is 3. The Morgan fingerprint density at radius 1 is 1.45 bits per heavy atom. The van der Waals surface area contributed by atoms with Gasteiger partial charge in [0.25, 0.3) is 0 Å². The summed E-state index contributed by atoms with van der Waals surface area (Å²) in [6.45, 7) is 3.91. The number of aliphatic carboxylic acids is 1. The van der Waals surface area contributed by atoms with Crippen LogP contribution in [0.1, 0.15) is 31.7 Å². The Balaban J connectivity index is 2.15. The molecule has 1 aliphatic rings. The van der Waals surface area contributed by atoms with Crippen molar-refractivity contribution >= 4 is 11.7 Å². The maximum atomic E-state index is 14.0. The van der Waals surface area contributed by atoms with Crippen LogP contribution in [0.3, 0.4) is 0 Å². The Kier molecular flexibility index (Phi) is 4.95. The third kappa shape index (κ3) is 3.28. The minimum atomic E-state index is -0.897. The van der Waals surface area contributed by atoms with E-state index in [2.05, 4.69) is 10.2 Å². The second kappa shape index (κ2) is 6.70. The monoisotopic (exact) mass is 280 g/mol. The molecule has 1 aromatic rings. The highest BCUT2D eigenvalue weighted by molar-refractivity contribution is 5.73. The molecule has 0 unspecified atom stereocenters. The van der Waals surface area contributed by atoms with Gasteiger partial charge < -0.3 is 15.3 Å². The summed E-state index contributed by atoms with van der Waals surface area (Å²) in [5, 5.41) is 12.0. The van der Waals surface area contributed by atoms with Gasteiger partial charge in [-0.05, 0) is 31.4 Å². The van der Waals surface area contributed by atoms with Crippen molar-refractivity contribution < 1.29 is 14.3 Å². The van der Waals surface area contributed by atoms with E-state index < -0.39 is 12.0 Å². The lowest BCUT2D eigenvalue weighted by molar-refractivity contribution is -0.139. The van der Waals surface area contributed by atoms with Crippen LogP contribution < -0.4 is 10.2 Å². The Hall–Kier alpha value is -1.62. The number of nitrogens with zero attached hydrogens (tertiary/aromatic N) is 1. The van der Waals surface area contributed by atoms with Crippen LogP contribution in [0.4, 0.5) is 10.1 Å². The van der Waals surface area contributed by atoms with Gasteiger partial charge in [-0.15, -0.1) is 0 Å². The highest BCUT2D eigenvalue weighted by Gasteiger charge is 2.20. The largest absolute Gasteiger partial charge is 0.480 e. The van der Waals surface area contributed by atoms with Gasteiger partial charge in [0, 0.05) is 30.9 Å². The quantitative estimate of drug-likeness (QED) is 0.840. The number of rotatable bonds is 6. The van der Waals surface area contributed by atoms with Gasteiger partial charge in [-0.1, -0.05) is 13.0 Å². The van der Waals surface area contributed by atoms with Crippen molar-refractivity contribution in [3.8, 4) is 0 Å². The van der Waals surface area contributed by atoms with Crippen molar-refractivity contribution in [3.63, 3.8) is 0 Å². The molecule has 1 saturated heterocycles. The third-order valence-electron chi connectivity index (χ3n) is 3.77. The van der Waals surface area contributed by atoms with Gasteiger partial charge in [0.1, 0.15) is 11.9 Å². The van der Waals surface area contributed by atoms with E-state index in [1.54, 1.807) is 13.0 Å². The van der Waals surface area contributed by atoms with Crippen LogP contribution in [0.2, 0.25) is 0 Å². The zero-order valence-electron chi connectivity index (χ0n) is 11.7. The van der Waals surface area contributed by atoms with E-state index in [0.717, 1.165) is 31.6 Å². The predicted molar refractivity (Wildman–Crippen MR) is 76.4 cm³/mol. The molecule has 0 spiro atoms. The number of anilines is 1. The van der Waals surface area contributed by atoms with Crippen LogP contribution in [0.15, 0.2) is 18.2 Å². The first-order valence-electron chi connectivity index (χ1n) is 7.12. The van der Waals surface area contributed by atoms with Gasteiger partial charge in [-0.2, -0.15) is 0 Å². The van der Waals surface area contributed by atoms with Crippen molar-refractivity contribution in [2.24, 2.45) is 0 Å². The molecule has 2 rings (SSSR count). The molecule has 20 heavy (non-hydrogen) atoms. The molecule has 0 aliphatic carbocycles. The van der Waals surface area contributed by atoms with Crippen LogP contribution in [-0.4, -0.2) is 30.2 Å². The summed E-state index contributed by atoms with van der Waals surface area (Å²) in [4.78, 5) is 13.2. The van der Waals surface area contributed by atoms with E-state index >= 15 is 0 Å². The molecular weight excluding hydrogens is 259 g/mol. The molecule has 1 aromatic carbocycles. The van der Waals surface area contributed by atoms with E-state index in [1.165, 1.54) is 6.07 Å². The summed E-state index contributed by atoms with van der Waals surface area (Å²) < 4.78 is 14.0. The van der Waals surface area contributed by atoms with E-state index in [-0.39, 0.29) is 12.4 Å². The summed E-state index contributed by atoms with van der Waals surface area (Å²) in [7, 11) is 0. The van der Waals surface area contributed by atoms with E-state index in [4.69, 9.17) is 5.11 Å². The first-order chi connectivity index (χ1) is 9.63. The molecule has 0 saturated carbocycles. The van der Waals surface area contributed by atoms with Gasteiger partial charge in [0.05, 0.1) is 0 Å². The summed E-state index contributed by atoms with van der Waals surface area (Å²) in [6, 6.07) is 4.41. The van der Waals surface area contributed by atoms with Gasteiger partial charge in [0.2, 0.25) is 0 Å². The Labute approximate surface area is 118 Å². The summed E-state index contributed by atoms with van der Waals surface area (Å²) >= 11 is 0. The molecule has 1 heterocycles. The number of halogens is 1. The normalized spacial score (nSPS) is 16.4. The van der Waals surface area contributed by atoms with Crippen molar-refractivity contribution in [2.45, 2.75) is 38.8 Å². The second-order valence-electron chi connectivity index (χ2n) is 5.11. The highest BCUT2D eigenvalue weighted by Crippen LogP contribution is 2.26. The van der Waals surface area contributed by atoms with Crippen molar-refractivity contribution in [1.82, 2.24) is 5.32 Å². The van der Waals surface area contributed by atoms with E-state index in [9.17, 15) is 9.18 Å². The lowest BCUT2D eigenvalue weighted by Crippen LogP contribution is -2.36. The third-order valence-corrected chi connectivity index (χ3v) is 3.77. The molecule has 2 N–H and O–H groups in total. The standard InChI is InChI=1S/C15H21FN2O2/c1-2-13(15(19)20)17-10-11-12(16)6-5-7-14(11)18-8-3-4-9-18/h5-7,13,17H,2-4,8-10H2,1H3,(H,19,20)/t13-/m1/s1. The van der Waals surface area contributed by atoms with Gasteiger partial charge >= 0.3 is 5.97 Å². The summed E-state index contributed by atoms with van der Waals surface area (Å²) in [5.41, 5.74) is 1.45. The van der Waals surface area contributed by atoms with Gasteiger partial charge in [-0.3, -0.25) is 4.79 Å². The zero-order valence-corrected chi connectivity index (χ0v) is 11.7. The molecule has 5 heteroatoms. The molecule has 1 fully saturated rings. The number of carboxylic acid groups (broad SMARTS) is 1. The number of benzene rings is 1. The number of nitrogens with one attached hydrogen (secondary N) is 1. The summed E-state index contributed by atoms with van der Waals surface area (Å²) in [6.07, 6.45) is 2.72. The molecule has 0 aromatic heterocycles. The molecular formula is C15H21FN2O2. The molecule has 0 radical (unpaired) electrons. The van der Waals surface area contributed by atoms with Crippen LogP contribution >= 0.6 is 0 Å². The van der Waals surface area contributed by atoms with E-state index in [0.29, 0.717) is 12.0 Å². The molecule has 1 atom stereocenters. The topological polar surface area (TPSA) is 52.6 Å². The smallest absolute Gasteiger partial charge is 0.320 e.